The van der Waals surface area contributed by atoms with Crippen LogP contribution in [0.5, 0.6) is 0 Å². The summed E-state index contributed by atoms with van der Waals surface area (Å²) in [4.78, 5) is 1.99. The van der Waals surface area contributed by atoms with Crippen LogP contribution in [0, 0.1) is 25.5 Å². The largest absolute Gasteiger partial charge is 0.286 e. The maximum absolute atomic E-state index is 13.7. The predicted molar refractivity (Wildman–Crippen MR) is 149 cm³/mol. The molecule has 0 aliphatic rings. The smallest absolute Gasteiger partial charge is 0.265 e. The number of nitrogens with zero attached hydrogens (tertiary/aromatic N) is 8. The van der Waals surface area contributed by atoms with E-state index in [2.05, 4.69) is 35.0 Å². The number of benzene rings is 2. The Morgan fingerprint density at radius 1 is 0.795 bits per heavy atom. The van der Waals surface area contributed by atoms with E-state index in [1.807, 2.05) is 0 Å². The van der Waals surface area contributed by atoms with Crippen molar-refractivity contribution < 1.29 is 47.0 Å². The lowest BCUT2D eigenvalue weighted by molar-refractivity contribution is 0.226. The molecule has 1 unspecified atom stereocenters. The highest BCUT2D eigenvalue weighted by Gasteiger charge is 2.19. The minimum atomic E-state index is -3.67. The van der Waals surface area contributed by atoms with Crippen LogP contribution in [0.25, 0.3) is 11.4 Å². The first-order valence-electron chi connectivity index (χ1n) is 11.9. The third-order valence-electron chi connectivity index (χ3n) is 4.60. The van der Waals surface area contributed by atoms with Gasteiger partial charge in [0.25, 0.3) is 30.4 Å². The number of aryl methyl sites for hydroxylation is 2. The lowest BCUT2D eigenvalue weighted by atomic mass is 10.2. The predicted octanol–water partition coefficient (Wildman–Crippen LogP) is 1.24. The summed E-state index contributed by atoms with van der Waals surface area (Å²) in [5.41, 5.74) is 1.94. The summed E-state index contributed by atoms with van der Waals surface area (Å²) in [6.45, 7) is 4.73. The molecular formula is C22H28F2N8O9S3. The van der Waals surface area contributed by atoms with Gasteiger partial charge in [-0.05, 0) is 66.6 Å². The molecule has 2 heterocycles. The zero-order chi connectivity index (χ0) is 33.5. The van der Waals surface area contributed by atoms with Gasteiger partial charge in [-0.1, -0.05) is 12.1 Å². The normalized spacial score (nSPS) is 12.5. The Balaban J connectivity index is 0.000000267. The maximum atomic E-state index is 13.7. The molecule has 22 heteroatoms. The molecule has 0 spiro atoms. The van der Waals surface area contributed by atoms with Gasteiger partial charge in [0.2, 0.25) is 11.6 Å². The van der Waals surface area contributed by atoms with E-state index in [-0.39, 0.29) is 29.6 Å². The van der Waals surface area contributed by atoms with Gasteiger partial charge in [0.15, 0.2) is 11.6 Å². The standard InChI is InChI=1S/C11H13FN4O3S.C10H11FN4O3S.CH4O3S/c1-7-4-5-9(12)10(6-7)16-14-11(13-15-16)8(2)19-20(3,17)18;1-7-3-4-8(11)9(5-7)15-13-10(12-14-15)6-18-19(2,16)17;1-5(2,3)4/h4-6,8H,1-3H3;3-5H,6H2,1-2H3;1H3,(H,2,3,4). The van der Waals surface area contributed by atoms with Crippen molar-refractivity contribution in [3.8, 4) is 11.4 Å². The Labute approximate surface area is 251 Å². The van der Waals surface area contributed by atoms with Gasteiger partial charge in [0.05, 0.1) is 18.8 Å². The van der Waals surface area contributed by atoms with E-state index in [9.17, 15) is 34.0 Å². The van der Waals surface area contributed by atoms with E-state index in [4.69, 9.17) is 8.74 Å². The molecule has 4 rings (SSSR count). The number of hydrogen-bond donors (Lipinski definition) is 1. The Morgan fingerprint density at radius 2 is 1.25 bits per heavy atom. The first kappa shape index (κ1) is 36.4. The summed E-state index contributed by atoms with van der Waals surface area (Å²) >= 11 is 0. The van der Waals surface area contributed by atoms with Gasteiger partial charge < -0.3 is 0 Å². The average Bonchev–Trinajstić information content (AvgIpc) is 3.54. The Bertz CT molecular complexity index is 1910. The van der Waals surface area contributed by atoms with Gasteiger partial charge in [-0.2, -0.15) is 25.3 Å². The summed E-state index contributed by atoms with van der Waals surface area (Å²) in [5, 5.41) is 22.4. The van der Waals surface area contributed by atoms with E-state index < -0.39 is 48.1 Å². The second kappa shape index (κ2) is 14.8. The van der Waals surface area contributed by atoms with Crippen LogP contribution in [-0.2, 0) is 45.3 Å². The van der Waals surface area contributed by atoms with Gasteiger partial charge in [-0.15, -0.1) is 30.0 Å². The van der Waals surface area contributed by atoms with Crippen molar-refractivity contribution in [1.82, 2.24) is 40.4 Å². The van der Waals surface area contributed by atoms with E-state index in [0.29, 0.717) is 6.26 Å². The lowest BCUT2D eigenvalue weighted by Crippen LogP contribution is -2.09. The summed E-state index contributed by atoms with van der Waals surface area (Å²) in [6.07, 6.45) is 1.66. The Morgan fingerprint density at radius 3 is 1.70 bits per heavy atom. The summed E-state index contributed by atoms with van der Waals surface area (Å²) in [5.74, 6) is -0.905. The molecular weight excluding hydrogens is 654 g/mol. The molecule has 2 aromatic carbocycles. The van der Waals surface area contributed by atoms with Gasteiger partial charge in [-0.25, -0.2) is 8.78 Å². The van der Waals surface area contributed by atoms with Crippen molar-refractivity contribution >= 4 is 30.4 Å². The topological polar surface area (TPSA) is 228 Å². The van der Waals surface area contributed by atoms with Crippen molar-refractivity contribution in [2.75, 3.05) is 18.8 Å². The quantitative estimate of drug-likeness (QED) is 0.204. The van der Waals surface area contributed by atoms with Crippen molar-refractivity contribution in [3.05, 3.63) is 70.8 Å². The van der Waals surface area contributed by atoms with Crippen molar-refractivity contribution in [3.63, 3.8) is 0 Å². The molecule has 242 valence electrons. The third kappa shape index (κ3) is 13.2. The van der Waals surface area contributed by atoms with E-state index in [1.54, 1.807) is 38.1 Å². The van der Waals surface area contributed by atoms with Crippen LogP contribution in [-0.4, -0.2) is 89.0 Å². The molecule has 0 aliphatic heterocycles. The molecule has 0 saturated heterocycles. The second-order valence-electron chi connectivity index (χ2n) is 8.98. The van der Waals surface area contributed by atoms with Crippen LogP contribution in [0.3, 0.4) is 0 Å². The van der Waals surface area contributed by atoms with Crippen molar-refractivity contribution in [2.45, 2.75) is 33.5 Å². The molecule has 1 N–H and O–H groups in total. The highest BCUT2D eigenvalue weighted by molar-refractivity contribution is 7.86. The maximum Gasteiger partial charge on any atom is 0.265 e. The molecule has 0 saturated carbocycles. The first-order valence-corrected chi connectivity index (χ1v) is 17.4. The number of hydrogen-bond acceptors (Lipinski definition) is 14. The molecule has 2 aromatic heterocycles. The van der Waals surface area contributed by atoms with Crippen LogP contribution in [0.15, 0.2) is 36.4 Å². The van der Waals surface area contributed by atoms with Gasteiger partial charge >= 0.3 is 0 Å². The van der Waals surface area contributed by atoms with Crippen LogP contribution in [0.2, 0.25) is 0 Å². The zero-order valence-electron chi connectivity index (χ0n) is 24.0. The Hall–Kier alpha value is -3.83. The molecule has 44 heavy (non-hydrogen) atoms. The number of rotatable bonds is 8. The monoisotopic (exact) mass is 682 g/mol. The van der Waals surface area contributed by atoms with Gasteiger partial charge in [-0.3, -0.25) is 12.9 Å². The van der Waals surface area contributed by atoms with Crippen LogP contribution in [0.4, 0.5) is 8.78 Å². The molecule has 17 nitrogen and oxygen atoms in total. The average molecular weight is 683 g/mol. The van der Waals surface area contributed by atoms with E-state index >= 15 is 0 Å². The summed E-state index contributed by atoms with van der Waals surface area (Å²) in [7, 11) is -10.9. The first-order chi connectivity index (χ1) is 20.1. The Kier molecular flexibility index (Phi) is 12.2. The number of aromatic nitrogens is 8. The van der Waals surface area contributed by atoms with E-state index in [0.717, 1.165) is 33.2 Å². The van der Waals surface area contributed by atoms with E-state index in [1.165, 1.54) is 19.1 Å². The fourth-order valence-corrected chi connectivity index (χ4v) is 3.84. The zero-order valence-corrected chi connectivity index (χ0v) is 26.5. The van der Waals surface area contributed by atoms with Gasteiger partial charge in [0.1, 0.15) is 24.1 Å². The fourth-order valence-electron chi connectivity index (χ4n) is 2.91. The lowest BCUT2D eigenvalue weighted by Gasteiger charge is -2.05. The number of halogens is 2. The minimum Gasteiger partial charge on any atom is -0.286 e. The molecule has 0 bridgehead atoms. The molecule has 0 aliphatic carbocycles. The summed E-state index contributed by atoms with van der Waals surface area (Å²) in [6, 6.07) is 8.93. The fraction of sp³-hybridized carbons (Fsp3) is 0.364. The van der Waals surface area contributed by atoms with Crippen LogP contribution < -0.4 is 0 Å². The molecule has 0 fully saturated rings. The van der Waals surface area contributed by atoms with Crippen molar-refractivity contribution in [2.24, 2.45) is 0 Å². The number of tetrazole rings is 2. The van der Waals surface area contributed by atoms with Crippen LogP contribution >= 0.6 is 0 Å². The molecule has 4 aromatic rings. The van der Waals surface area contributed by atoms with Crippen molar-refractivity contribution in [1.29, 1.82) is 0 Å². The molecule has 0 amide bonds. The minimum absolute atomic E-state index is 0.0475. The SMILES string of the molecule is CS(=O)(=O)O.Cc1ccc(F)c(-n2nnc(C(C)OS(C)(=O)=O)n2)c1.Cc1ccc(F)c(-n2nnc(COS(C)(=O)=O)n2)c1. The highest BCUT2D eigenvalue weighted by Crippen LogP contribution is 2.17. The summed E-state index contributed by atoms with van der Waals surface area (Å²) < 4.78 is 106. The van der Waals surface area contributed by atoms with Crippen LogP contribution in [0.1, 0.15) is 35.8 Å². The molecule has 0 radical (unpaired) electrons. The highest BCUT2D eigenvalue weighted by atomic mass is 32.2. The third-order valence-corrected chi connectivity index (χ3v) is 5.79. The van der Waals surface area contributed by atoms with Gasteiger partial charge in [0, 0.05) is 0 Å². The molecule has 1 atom stereocenters. The second-order valence-corrected chi connectivity index (χ2v) is 13.7.